The SMILES string of the molecule is Cc1nsc(N2CC(n3c(C(C)(C)C)nc4ccccc43)C2)n1. The molecule has 0 aliphatic carbocycles. The van der Waals surface area contributed by atoms with Crippen LogP contribution in [0.1, 0.15) is 38.5 Å². The quantitative estimate of drug-likeness (QED) is 0.722. The molecule has 1 saturated heterocycles. The van der Waals surface area contributed by atoms with Crippen LogP contribution in [0.15, 0.2) is 24.3 Å². The Morgan fingerprint density at radius 3 is 2.52 bits per heavy atom. The van der Waals surface area contributed by atoms with Gasteiger partial charge in [0.05, 0.1) is 17.1 Å². The number of nitrogens with zero attached hydrogens (tertiary/aromatic N) is 5. The molecule has 0 atom stereocenters. The number of hydrogen-bond donors (Lipinski definition) is 0. The molecule has 1 aromatic carbocycles. The lowest BCUT2D eigenvalue weighted by atomic mass is 9.94. The predicted molar refractivity (Wildman–Crippen MR) is 94.3 cm³/mol. The second-order valence-corrected chi connectivity index (χ2v) is 7.96. The van der Waals surface area contributed by atoms with Gasteiger partial charge in [0.2, 0.25) is 5.13 Å². The fourth-order valence-corrected chi connectivity index (χ4v) is 3.82. The number of rotatable bonds is 2. The van der Waals surface area contributed by atoms with E-state index in [4.69, 9.17) is 4.98 Å². The third-order valence-electron chi connectivity index (χ3n) is 4.28. The number of aryl methyl sites for hydroxylation is 1. The van der Waals surface area contributed by atoms with E-state index in [2.05, 4.69) is 63.9 Å². The van der Waals surface area contributed by atoms with Crippen LogP contribution in [-0.2, 0) is 5.41 Å². The van der Waals surface area contributed by atoms with Crippen LogP contribution in [0.2, 0.25) is 0 Å². The molecular weight excluding hydrogens is 306 g/mol. The van der Waals surface area contributed by atoms with Crippen molar-refractivity contribution in [2.75, 3.05) is 18.0 Å². The minimum absolute atomic E-state index is 0.0266. The summed E-state index contributed by atoms with van der Waals surface area (Å²) >= 11 is 1.49. The molecule has 0 saturated carbocycles. The summed E-state index contributed by atoms with van der Waals surface area (Å²) in [7, 11) is 0. The Hall–Kier alpha value is -1.95. The van der Waals surface area contributed by atoms with Crippen LogP contribution >= 0.6 is 11.5 Å². The van der Waals surface area contributed by atoms with E-state index in [1.165, 1.54) is 17.0 Å². The lowest BCUT2D eigenvalue weighted by Gasteiger charge is -2.41. The number of anilines is 1. The number of fused-ring (bicyclic) bond motifs is 1. The van der Waals surface area contributed by atoms with Crippen LogP contribution in [0.3, 0.4) is 0 Å². The molecule has 23 heavy (non-hydrogen) atoms. The number of hydrogen-bond acceptors (Lipinski definition) is 5. The normalized spacial score (nSPS) is 16.1. The minimum Gasteiger partial charge on any atom is -0.343 e. The predicted octanol–water partition coefficient (Wildman–Crippen LogP) is 3.56. The Bertz CT molecular complexity index is 851. The zero-order chi connectivity index (χ0) is 16.2. The molecule has 5 nitrogen and oxygen atoms in total. The van der Waals surface area contributed by atoms with Crippen molar-refractivity contribution in [2.24, 2.45) is 0 Å². The molecular formula is C17H21N5S. The molecule has 0 radical (unpaired) electrons. The molecule has 120 valence electrons. The van der Waals surface area contributed by atoms with Crippen molar-refractivity contribution in [3.8, 4) is 0 Å². The lowest BCUT2D eigenvalue weighted by Crippen LogP contribution is -2.48. The molecule has 1 fully saturated rings. The van der Waals surface area contributed by atoms with Crippen molar-refractivity contribution < 1.29 is 0 Å². The zero-order valence-electron chi connectivity index (χ0n) is 13.9. The average molecular weight is 327 g/mol. The molecule has 0 amide bonds. The van der Waals surface area contributed by atoms with E-state index in [9.17, 15) is 0 Å². The van der Waals surface area contributed by atoms with E-state index in [1.807, 2.05) is 6.92 Å². The molecule has 0 bridgehead atoms. The van der Waals surface area contributed by atoms with Gasteiger partial charge in [-0.05, 0) is 19.1 Å². The van der Waals surface area contributed by atoms with E-state index >= 15 is 0 Å². The van der Waals surface area contributed by atoms with Gasteiger partial charge in [-0.15, -0.1) is 0 Å². The van der Waals surface area contributed by atoms with Crippen LogP contribution in [0.25, 0.3) is 11.0 Å². The third kappa shape index (κ3) is 2.41. The Kier molecular flexibility index (Phi) is 3.20. The number of aromatic nitrogens is 4. The molecule has 4 rings (SSSR count). The van der Waals surface area contributed by atoms with Gasteiger partial charge in [-0.1, -0.05) is 32.9 Å². The Balaban J connectivity index is 1.69. The van der Waals surface area contributed by atoms with E-state index in [1.54, 1.807) is 0 Å². The highest BCUT2D eigenvalue weighted by Gasteiger charge is 2.35. The summed E-state index contributed by atoms with van der Waals surface area (Å²) in [6, 6.07) is 8.88. The average Bonchev–Trinajstić information content (AvgIpc) is 3.02. The Morgan fingerprint density at radius 1 is 1.13 bits per heavy atom. The Labute approximate surface area is 140 Å². The van der Waals surface area contributed by atoms with Crippen LogP contribution in [0.4, 0.5) is 5.13 Å². The maximum absolute atomic E-state index is 4.91. The third-order valence-corrected chi connectivity index (χ3v) is 5.15. The van der Waals surface area contributed by atoms with Crippen LogP contribution < -0.4 is 4.90 Å². The molecule has 3 aromatic rings. The second kappa shape index (κ2) is 5.03. The van der Waals surface area contributed by atoms with Gasteiger partial charge in [0.25, 0.3) is 0 Å². The first-order chi connectivity index (χ1) is 10.9. The van der Waals surface area contributed by atoms with Crippen molar-refractivity contribution in [1.29, 1.82) is 0 Å². The van der Waals surface area contributed by atoms with Gasteiger partial charge in [0.15, 0.2) is 0 Å². The summed E-state index contributed by atoms with van der Waals surface area (Å²) in [6.45, 7) is 10.6. The first-order valence-corrected chi connectivity index (χ1v) is 8.73. The largest absolute Gasteiger partial charge is 0.343 e. The molecule has 0 N–H and O–H groups in total. The molecule has 1 aliphatic rings. The number of benzene rings is 1. The fraction of sp³-hybridized carbons (Fsp3) is 0.471. The summed E-state index contributed by atoms with van der Waals surface area (Å²) in [4.78, 5) is 11.7. The first kappa shape index (κ1) is 14.6. The van der Waals surface area contributed by atoms with E-state index in [0.29, 0.717) is 6.04 Å². The standard InChI is InChI=1S/C17H21N5S/c1-11-18-16(23-20-11)21-9-12(10-21)22-14-8-6-5-7-13(14)19-15(22)17(2,3)4/h5-8,12H,9-10H2,1-4H3. The summed E-state index contributed by atoms with van der Waals surface area (Å²) in [6.07, 6.45) is 0. The maximum Gasteiger partial charge on any atom is 0.205 e. The lowest BCUT2D eigenvalue weighted by molar-refractivity contribution is 0.373. The molecule has 6 heteroatoms. The highest BCUT2D eigenvalue weighted by Crippen LogP contribution is 2.35. The monoisotopic (exact) mass is 327 g/mol. The summed E-state index contributed by atoms with van der Waals surface area (Å²) < 4.78 is 6.71. The summed E-state index contributed by atoms with van der Waals surface area (Å²) in [5, 5.41) is 1.03. The van der Waals surface area contributed by atoms with Crippen molar-refractivity contribution >= 4 is 27.7 Å². The highest BCUT2D eigenvalue weighted by molar-refractivity contribution is 7.09. The van der Waals surface area contributed by atoms with Crippen molar-refractivity contribution in [3.63, 3.8) is 0 Å². The van der Waals surface area contributed by atoms with Gasteiger partial charge in [-0.3, -0.25) is 0 Å². The highest BCUT2D eigenvalue weighted by atomic mass is 32.1. The van der Waals surface area contributed by atoms with Crippen LogP contribution in [0.5, 0.6) is 0 Å². The van der Waals surface area contributed by atoms with Gasteiger partial charge in [0, 0.05) is 30.0 Å². The maximum atomic E-state index is 4.91. The van der Waals surface area contributed by atoms with E-state index < -0.39 is 0 Å². The summed E-state index contributed by atoms with van der Waals surface area (Å²) in [5.74, 6) is 2.02. The van der Waals surface area contributed by atoms with Gasteiger partial charge in [0.1, 0.15) is 11.6 Å². The van der Waals surface area contributed by atoms with Gasteiger partial charge < -0.3 is 9.47 Å². The van der Waals surface area contributed by atoms with E-state index in [-0.39, 0.29) is 5.41 Å². The topological polar surface area (TPSA) is 46.8 Å². The van der Waals surface area contributed by atoms with Gasteiger partial charge in [-0.2, -0.15) is 4.37 Å². The number of para-hydroxylation sites is 2. The fourth-order valence-electron chi connectivity index (χ4n) is 3.13. The van der Waals surface area contributed by atoms with Gasteiger partial charge >= 0.3 is 0 Å². The first-order valence-electron chi connectivity index (χ1n) is 7.96. The second-order valence-electron chi connectivity index (χ2n) is 7.23. The van der Waals surface area contributed by atoms with Crippen molar-refractivity contribution in [2.45, 2.75) is 39.2 Å². The Morgan fingerprint density at radius 2 is 1.87 bits per heavy atom. The van der Waals surface area contributed by atoms with Crippen LogP contribution in [0, 0.1) is 6.92 Å². The van der Waals surface area contributed by atoms with Crippen molar-refractivity contribution in [1.82, 2.24) is 18.9 Å². The van der Waals surface area contributed by atoms with Crippen molar-refractivity contribution in [3.05, 3.63) is 35.9 Å². The minimum atomic E-state index is 0.0266. The zero-order valence-corrected chi connectivity index (χ0v) is 14.8. The molecule has 2 aromatic heterocycles. The van der Waals surface area contributed by atoms with Gasteiger partial charge in [-0.25, -0.2) is 9.97 Å². The molecule has 0 unspecified atom stereocenters. The smallest absolute Gasteiger partial charge is 0.205 e. The number of imidazole rings is 1. The van der Waals surface area contributed by atoms with E-state index in [0.717, 1.165) is 35.4 Å². The molecule has 3 heterocycles. The molecule has 0 spiro atoms. The molecule has 1 aliphatic heterocycles. The van der Waals surface area contributed by atoms with Crippen LogP contribution in [-0.4, -0.2) is 32.0 Å². The summed E-state index contributed by atoms with van der Waals surface area (Å²) in [5.41, 5.74) is 2.34.